The third-order valence-electron chi connectivity index (χ3n) is 5.67. The average molecular weight is 490 g/mol. The van der Waals surface area contributed by atoms with E-state index in [0.29, 0.717) is 17.9 Å². The predicted molar refractivity (Wildman–Crippen MR) is 137 cm³/mol. The molecule has 0 saturated heterocycles. The minimum absolute atomic E-state index is 0.0285. The average Bonchev–Trinajstić information content (AvgIpc) is 3.41. The van der Waals surface area contributed by atoms with Crippen molar-refractivity contribution < 1.29 is 14.3 Å². The number of phenols is 1. The van der Waals surface area contributed by atoms with E-state index >= 15 is 0 Å². The zero-order chi connectivity index (χ0) is 25.8. The van der Waals surface area contributed by atoms with Crippen LogP contribution in [0.3, 0.4) is 0 Å². The zero-order valence-corrected chi connectivity index (χ0v) is 20.1. The second-order valence-electron chi connectivity index (χ2n) is 8.31. The Labute approximate surface area is 206 Å². The fourth-order valence-corrected chi connectivity index (χ4v) is 3.78. The lowest BCUT2D eigenvalue weighted by Gasteiger charge is -2.20. The molecule has 2 aromatic heterocycles. The number of carbonyl (C=O) groups excluding carboxylic acids is 1. The number of aromatic nitrogens is 2. The number of aromatic hydroxyl groups is 1. The molecule has 0 aliphatic heterocycles. The SMILES string of the molecule is CC[C@@H](Nc1c(Nc2cccc(C(=O)N(C)C)c2O)c(=O)n(-c2ccccc2)[nH]c1=O)c1ccco1. The number of carbonyl (C=O) groups is 1. The Balaban J connectivity index is 1.87. The van der Waals surface area contributed by atoms with Crippen LogP contribution in [-0.4, -0.2) is 39.8 Å². The Hall–Kier alpha value is -4.73. The van der Waals surface area contributed by atoms with Gasteiger partial charge in [0.1, 0.15) is 17.1 Å². The van der Waals surface area contributed by atoms with E-state index in [-0.39, 0.29) is 28.4 Å². The van der Waals surface area contributed by atoms with Crippen LogP contribution in [0.1, 0.15) is 35.5 Å². The van der Waals surface area contributed by atoms with Gasteiger partial charge in [-0.25, -0.2) is 4.68 Å². The van der Waals surface area contributed by atoms with Crippen molar-refractivity contribution in [2.75, 3.05) is 24.7 Å². The van der Waals surface area contributed by atoms with E-state index in [1.54, 1.807) is 62.6 Å². The number of nitrogens with one attached hydrogen (secondary N) is 3. The number of phenolic OH excluding ortho intramolecular Hbond substituents is 1. The van der Waals surface area contributed by atoms with Gasteiger partial charge < -0.3 is 25.1 Å². The molecule has 0 fully saturated rings. The lowest BCUT2D eigenvalue weighted by molar-refractivity contribution is 0.0824. The highest BCUT2D eigenvalue weighted by molar-refractivity contribution is 5.98. The summed E-state index contributed by atoms with van der Waals surface area (Å²) in [4.78, 5) is 40.8. The maximum absolute atomic E-state index is 13.7. The van der Waals surface area contributed by atoms with E-state index < -0.39 is 23.1 Å². The van der Waals surface area contributed by atoms with Crippen molar-refractivity contribution in [3.8, 4) is 11.4 Å². The maximum Gasteiger partial charge on any atom is 0.295 e. The lowest BCUT2D eigenvalue weighted by Crippen LogP contribution is -2.33. The Bertz CT molecular complexity index is 1470. The summed E-state index contributed by atoms with van der Waals surface area (Å²) < 4.78 is 6.62. The number of para-hydroxylation sites is 2. The summed E-state index contributed by atoms with van der Waals surface area (Å²) in [7, 11) is 3.14. The summed E-state index contributed by atoms with van der Waals surface area (Å²) in [6.07, 6.45) is 2.09. The van der Waals surface area contributed by atoms with Gasteiger partial charge in [-0.05, 0) is 42.8 Å². The van der Waals surface area contributed by atoms with E-state index in [4.69, 9.17) is 4.42 Å². The molecule has 36 heavy (non-hydrogen) atoms. The van der Waals surface area contributed by atoms with E-state index in [0.717, 1.165) is 4.68 Å². The van der Waals surface area contributed by atoms with Crippen molar-refractivity contribution in [3.63, 3.8) is 0 Å². The number of nitrogens with zero attached hydrogens (tertiary/aromatic N) is 2. The molecule has 4 aromatic rings. The van der Waals surface area contributed by atoms with Crippen LogP contribution in [-0.2, 0) is 0 Å². The van der Waals surface area contributed by atoms with Crippen LogP contribution in [0.4, 0.5) is 17.1 Å². The molecule has 4 N–H and O–H groups in total. The minimum Gasteiger partial charge on any atom is -0.505 e. The molecule has 0 aliphatic carbocycles. The molecule has 0 bridgehead atoms. The zero-order valence-electron chi connectivity index (χ0n) is 20.1. The largest absolute Gasteiger partial charge is 0.505 e. The van der Waals surface area contributed by atoms with E-state index in [9.17, 15) is 19.5 Å². The molecule has 0 saturated carbocycles. The topological polar surface area (TPSA) is 133 Å². The molecule has 1 atom stereocenters. The minimum atomic E-state index is -0.568. The molecule has 0 radical (unpaired) electrons. The van der Waals surface area contributed by atoms with Crippen molar-refractivity contribution in [2.24, 2.45) is 0 Å². The van der Waals surface area contributed by atoms with Gasteiger partial charge in [0.25, 0.3) is 17.0 Å². The number of H-pyrrole nitrogens is 1. The van der Waals surface area contributed by atoms with Gasteiger partial charge in [-0.15, -0.1) is 0 Å². The summed E-state index contributed by atoms with van der Waals surface area (Å²) in [5.41, 5.74) is -0.661. The molecule has 10 heteroatoms. The maximum atomic E-state index is 13.7. The second kappa shape index (κ2) is 10.3. The molecule has 2 heterocycles. The second-order valence-corrected chi connectivity index (χ2v) is 8.31. The standard InChI is InChI=1S/C26H27N5O5/c1-4-18(20-14-9-15-36-20)27-21-22(26(35)31(29-24(21)33)16-10-6-5-7-11-16)28-19-13-8-12-17(23(19)32)25(34)30(2)3/h5-15,18,27-28,32H,4H2,1-3H3,(H,29,33)/t18-/m1/s1. The molecule has 1 amide bonds. The van der Waals surface area contributed by atoms with Crippen LogP contribution >= 0.6 is 0 Å². The van der Waals surface area contributed by atoms with Crippen LogP contribution in [0.2, 0.25) is 0 Å². The van der Waals surface area contributed by atoms with E-state index in [2.05, 4.69) is 15.7 Å². The summed E-state index contributed by atoms with van der Waals surface area (Å²) in [6, 6.07) is 16.3. The van der Waals surface area contributed by atoms with E-state index in [1.165, 1.54) is 23.3 Å². The Morgan fingerprint density at radius 3 is 2.44 bits per heavy atom. The molecular weight excluding hydrogens is 462 g/mol. The van der Waals surface area contributed by atoms with Crippen molar-refractivity contribution in [2.45, 2.75) is 19.4 Å². The molecule has 0 aliphatic rings. The van der Waals surface area contributed by atoms with Gasteiger partial charge >= 0.3 is 0 Å². The van der Waals surface area contributed by atoms with Crippen molar-refractivity contribution >= 4 is 23.0 Å². The summed E-state index contributed by atoms with van der Waals surface area (Å²) in [5.74, 6) is -0.159. The van der Waals surface area contributed by atoms with Gasteiger partial charge in [-0.3, -0.25) is 19.5 Å². The molecule has 186 valence electrons. The predicted octanol–water partition coefficient (Wildman–Crippen LogP) is 3.83. The van der Waals surface area contributed by atoms with Crippen molar-refractivity contribution in [1.82, 2.24) is 14.7 Å². The van der Waals surface area contributed by atoms with Gasteiger partial charge in [0, 0.05) is 14.1 Å². The van der Waals surface area contributed by atoms with Crippen LogP contribution in [0, 0.1) is 0 Å². The van der Waals surface area contributed by atoms with Crippen molar-refractivity contribution in [3.05, 3.63) is 99.0 Å². The van der Waals surface area contributed by atoms with Crippen LogP contribution in [0.15, 0.2) is 80.9 Å². The monoisotopic (exact) mass is 489 g/mol. The smallest absolute Gasteiger partial charge is 0.295 e. The highest BCUT2D eigenvalue weighted by Crippen LogP contribution is 2.32. The first-order chi connectivity index (χ1) is 17.3. The van der Waals surface area contributed by atoms with Crippen LogP contribution in [0.25, 0.3) is 5.69 Å². The molecule has 0 spiro atoms. The Kier molecular flexibility index (Phi) is 6.95. The first-order valence-corrected chi connectivity index (χ1v) is 11.4. The van der Waals surface area contributed by atoms with Crippen LogP contribution < -0.4 is 21.8 Å². The summed E-state index contributed by atoms with van der Waals surface area (Å²) >= 11 is 0. The van der Waals surface area contributed by atoms with Gasteiger partial charge in [-0.1, -0.05) is 31.2 Å². The van der Waals surface area contributed by atoms with Gasteiger partial charge in [0.2, 0.25) is 0 Å². The number of aromatic amines is 1. The Morgan fingerprint density at radius 2 is 1.81 bits per heavy atom. The molecular formula is C26H27N5O5. The third kappa shape index (κ3) is 4.74. The van der Waals surface area contributed by atoms with Crippen LogP contribution in [0.5, 0.6) is 5.75 Å². The fraction of sp³-hybridized carbons (Fsp3) is 0.192. The number of hydrogen-bond donors (Lipinski definition) is 4. The van der Waals surface area contributed by atoms with Gasteiger partial charge in [0.05, 0.1) is 29.2 Å². The quantitative estimate of drug-likeness (QED) is 0.277. The number of rotatable bonds is 8. The summed E-state index contributed by atoms with van der Waals surface area (Å²) in [5, 5.41) is 19.5. The first kappa shape index (κ1) is 24.4. The van der Waals surface area contributed by atoms with E-state index in [1.807, 2.05) is 6.92 Å². The Morgan fingerprint density at radius 1 is 1.06 bits per heavy atom. The summed E-state index contributed by atoms with van der Waals surface area (Å²) in [6.45, 7) is 1.91. The number of anilines is 3. The number of furan rings is 1. The number of benzene rings is 2. The molecule has 4 rings (SSSR count). The van der Waals surface area contributed by atoms with Crippen molar-refractivity contribution in [1.29, 1.82) is 0 Å². The normalized spacial score (nSPS) is 11.6. The first-order valence-electron chi connectivity index (χ1n) is 11.4. The molecule has 10 nitrogen and oxygen atoms in total. The number of hydrogen-bond acceptors (Lipinski definition) is 7. The fourth-order valence-electron chi connectivity index (χ4n) is 3.78. The highest BCUT2D eigenvalue weighted by Gasteiger charge is 2.23. The molecule has 2 aromatic carbocycles. The number of amides is 1. The lowest BCUT2D eigenvalue weighted by atomic mass is 10.1. The highest BCUT2D eigenvalue weighted by atomic mass is 16.3. The molecule has 0 unspecified atom stereocenters. The third-order valence-corrected chi connectivity index (χ3v) is 5.67. The van der Waals surface area contributed by atoms with Gasteiger partial charge in [-0.2, -0.15) is 0 Å². The van der Waals surface area contributed by atoms with Gasteiger partial charge in [0.15, 0.2) is 5.75 Å².